The summed E-state index contributed by atoms with van der Waals surface area (Å²) in [5, 5.41) is 4.90. The number of amides is 1. The van der Waals surface area contributed by atoms with Crippen molar-refractivity contribution in [3.8, 4) is 0 Å². The van der Waals surface area contributed by atoms with Crippen LogP contribution in [0.25, 0.3) is 0 Å². The van der Waals surface area contributed by atoms with Gasteiger partial charge in [0.25, 0.3) is 10.1 Å². The van der Waals surface area contributed by atoms with E-state index in [9.17, 15) is 13.2 Å². The molecule has 1 rings (SSSR count). The van der Waals surface area contributed by atoms with Crippen molar-refractivity contribution in [3.05, 3.63) is 18.2 Å². The average molecular weight is 230 g/mol. The Morgan fingerprint density at radius 2 is 2.07 bits per heavy atom. The van der Waals surface area contributed by atoms with Crippen molar-refractivity contribution >= 4 is 27.9 Å². The molecule has 1 aromatic carbocycles. The molecule has 0 spiro atoms. The first kappa shape index (κ1) is 11.5. The topological polar surface area (TPSA) is 95.5 Å². The molecule has 1 amide bonds. The van der Waals surface area contributed by atoms with Crippen LogP contribution in [0.5, 0.6) is 0 Å². The number of hydrogen-bond acceptors (Lipinski definition) is 4. The van der Waals surface area contributed by atoms with Crippen LogP contribution in [0.2, 0.25) is 0 Å². The Labute approximate surface area is 87.1 Å². The predicted octanol–water partition coefficient (Wildman–Crippen LogP) is 0.543. The molecule has 0 radical (unpaired) electrons. The number of rotatable bonds is 4. The molecule has 82 valence electrons. The molecule has 15 heavy (non-hydrogen) atoms. The maximum atomic E-state index is 11.0. The van der Waals surface area contributed by atoms with Crippen molar-refractivity contribution in [3.63, 3.8) is 0 Å². The molecular formula is C8H10N2O4S. The highest BCUT2D eigenvalue weighted by atomic mass is 32.2. The molecule has 3 N–H and O–H groups in total. The first-order chi connectivity index (χ1) is 6.99. The van der Waals surface area contributed by atoms with Gasteiger partial charge in [0.2, 0.25) is 6.41 Å². The van der Waals surface area contributed by atoms with E-state index in [1.54, 1.807) is 0 Å². The lowest BCUT2D eigenvalue weighted by molar-refractivity contribution is -0.105. The van der Waals surface area contributed by atoms with Gasteiger partial charge in [-0.2, -0.15) is 8.42 Å². The number of hydrogen-bond donors (Lipinski definition) is 3. The monoisotopic (exact) mass is 230 g/mol. The van der Waals surface area contributed by atoms with Gasteiger partial charge in [-0.15, -0.1) is 0 Å². The minimum atomic E-state index is -4.30. The molecule has 0 bridgehead atoms. The Morgan fingerprint density at radius 3 is 2.53 bits per heavy atom. The summed E-state index contributed by atoms with van der Waals surface area (Å²) in [4.78, 5) is 9.87. The van der Waals surface area contributed by atoms with E-state index in [0.29, 0.717) is 6.41 Å². The molecule has 0 saturated carbocycles. The third-order valence-corrected chi connectivity index (χ3v) is 2.65. The normalized spacial score (nSPS) is 10.8. The molecule has 0 aliphatic carbocycles. The quantitative estimate of drug-likeness (QED) is 0.518. The number of benzene rings is 1. The molecular weight excluding hydrogens is 220 g/mol. The van der Waals surface area contributed by atoms with E-state index in [2.05, 4.69) is 10.6 Å². The van der Waals surface area contributed by atoms with E-state index in [1.165, 1.54) is 19.2 Å². The maximum absolute atomic E-state index is 11.0. The molecule has 0 unspecified atom stereocenters. The third kappa shape index (κ3) is 2.67. The second kappa shape index (κ2) is 4.28. The molecule has 7 heteroatoms. The van der Waals surface area contributed by atoms with Crippen LogP contribution in [0.3, 0.4) is 0 Å². The second-order valence-electron chi connectivity index (χ2n) is 2.70. The minimum absolute atomic E-state index is 0.258. The Kier molecular flexibility index (Phi) is 3.28. The Morgan fingerprint density at radius 1 is 1.40 bits per heavy atom. The first-order valence-corrected chi connectivity index (χ1v) is 5.42. The summed E-state index contributed by atoms with van der Waals surface area (Å²) in [5.41, 5.74) is 0.547. The van der Waals surface area contributed by atoms with Gasteiger partial charge in [-0.1, -0.05) is 0 Å². The number of carbonyl (C=O) groups excluding carboxylic acids is 1. The van der Waals surface area contributed by atoms with Gasteiger partial charge in [0.1, 0.15) is 4.90 Å². The van der Waals surface area contributed by atoms with E-state index >= 15 is 0 Å². The molecule has 0 aromatic heterocycles. The summed E-state index contributed by atoms with van der Waals surface area (Å²) in [5.74, 6) is 0. The zero-order chi connectivity index (χ0) is 11.5. The van der Waals surface area contributed by atoms with E-state index in [4.69, 9.17) is 4.55 Å². The fourth-order valence-corrected chi connectivity index (χ4v) is 1.82. The molecule has 0 atom stereocenters. The van der Waals surface area contributed by atoms with E-state index in [0.717, 1.165) is 6.07 Å². The lowest BCUT2D eigenvalue weighted by Crippen LogP contribution is -2.05. The molecule has 0 fully saturated rings. The zero-order valence-corrected chi connectivity index (χ0v) is 8.71. The summed E-state index contributed by atoms with van der Waals surface area (Å²) in [6, 6.07) is 4.11. The van der Waals surface area contributed by atoms with Crippen molar-refractivity contribution in [1.82, 2.24) is 0 Å². The fraction of sp³-hybridized carbons (Fsp3) is 0.125. The van der Waals surface area contributed by atoms with Gasteiger partial charge >= 0.3 is 0 Å². The van der Waals surface area contributed by atoms with Crippen molar-refractivity contribution in [2.75, 3.05) is 17.7 Å². The van der Waals surface area contributed by atoms with Crippen LogP contribution in [0, 0.1) is 0 Å². The van der Waals surface area contributed by atoms with Crippen LogP contribution < -0.4 is 10.6 Å². The lowest BCUT2D eigenvalue weighted by Gasteiger charge is -2.08. The van der Waals surface area contributed by atoms with Gasteiger partial charge < -0.3 is 10.6 Å². The molecule has 0 saturated heterocycles. The lowest BCUT2D eigenvalue weighted by atomic mass is 10.3. The first-order valence-electron chi connectivity index (χ1n) is 3.98. The summed E-state index contributed by atoms with van der Waals surface area (Å²) in [6.07, 6.45) is 0.419. The highest BCUT2D eigenvalue weighted by Gasteiger charge is 2.15. The Hall–Kier alpha value is -1.60. The van der Waals surface area contributed by atoms with Crippen molar-refractivity contribution < 1.29 is 17.8 Å². The SMILES string of the molecule is CNc1ccc(NC=O)cc1S(=O)(=O)O. The largest absolute Gasteiger partial charge is 0.387 e. The van der Waals surface area contributed by atoms with Gasteiger partial charge in [-0.3, -0.25) is 9.35 Å². The highest BCUT2D eigenvalue weighted by Crippen LogP contribution is 2.24. The van der Waals surface area contributed by atoms with Gasteiger partial charge in [0.15, 0.2) is 0 Å². The van der Waals surface area contributed by atoms with Gasteiger partial charge in [0, 0.05) is 12.7 Å². The van der Waals surface area contributed by atoms with Crippen LogP contribution in [-0.4, -0.2) is 26.4 Å². The summed E-state index contributed by atoms with van der Waals surface area (Å²) in [7, 11) is -2.78. The second-order valence-corrected chi connectivity index (χ2v) is 4.09. The van der Waals surface area contributed by atoms with Crippen molar-refractivity contribution in [1.29, 1.82) is 0 Å². The van der Waals surface area contributed by atoms with Crippen molar-refractivity contribution in [2.45, 2.75) is 4.90 Å². The summed E-state index contributed by atoms with van der Waals surface area (Å²) < 4.78 is 30.8. The van der Waals surface area contributed by atoms with Crippen LogP contribution in [0.15, 0.2) is 23.1 Å². The van der Waals surface area contributed by atoms with Crippen LogP contribution in [0.4, 0.5) is 11.4 Å². The average Bonchev–Trinajstić information content (AvgIpc) is 2.17. The van der Waals surface area contributed by atoms with E-state index < -0.39 is 10.1 Å². The summed E-state index contributed by atoms with van der Waals surface area (Å²) in [6.45, 7) is 0. The Balaban J connectivity index is 3.32. The maximum Gasteiger partial charge on any atom is 0.296 e. The molecule has 0 heterocycles. The standard InChI is InChI=1S/C8H10N2O4S/c1-9-7-3-2-6(10-5-11)4-8(7)15(12,13)14/h2-5,9H,1H3,(H,10,11)(H,12,13,14). The number of anilines is 2. The smallest absolute Gasteiger partial charge is 0.296 e. The predicted molar refractivity (Wildman–Crippen MR) is 55.5 cm³/mol. The Bertz CT molecular complexity index is 470. The number of carbonyl (C=O) groups is 1. The zero-order valence-electron chi connectivity index (χ0n) is 7.89. The molecule has 1 aromatic rings. The van der Waals surface area contributed by atoms with Gasteiger partial charge in [0.05, 0.1) is 5.69 Å². The highest BCUT2D eigenvalue weighted by molar-refractivity contribution is 7.86. The van der Waals surface area contributed by atoms with E-state index in [-0.39, 0.29) is 16.3 Å². The third-order valence-electron chi connectivity index (χ3n) is 1.75. The van der Waals surface area contributed by atoms with Crippen LogP contribution in [-0.2, 0) is 14.9 Å². The van der Waals surface area contributed by atoms with E-state index in [1.807, 2.05) is 0 Å². The van der Waals surface area contributed by atoms with Crippen molar-refractivity contribution in [2.24, 2.45) is 0 Å². The summed E-state index contributed by atoms with van der Waals surface area (Å²) >= 11 is 0. The van der Waals surface area contributed by atoms with Gasteiger partial charge in [-0.25, -0.2) is 0 Å². The van der Waals surface area contributed by atoms with Crippen LogP contribution >= 0.6 is 0 Å². The van der Waals surface area contributed by atoms with Gasteiger partial charge in [-0.05, 0) is 18.2 Å². The fourth-order valence-electron chi connectivity index (χ4n) is 1.10. The molecule has 0 aliphatic heterocycles. The minimum Gasteiger partial charge on any atom is -0.387 e. The van der Waals surface area contributed by atoms with Crippen LogP contribution in [0.1, 0.15) is 0 Å². The number of nitrogens with one attached hydrogen (secondary N) is 2. The molecule has 6 nitrogen and oxygen atoms in total. The molecule has 0 aliphatic rings.